The van der Waals surface area contributed by atoms with E-state index < -0.39 is 0 Å². The van der Waals surface area contributed by atoms with Gasteiger partial charge in [-0.2, -0.15) is 0 Å². The molecule has 0 aliphatic carbocycles. The van der Waals surface area contributed by atoms with Crippen LogP contribution in [0.5, 0.6) is 5.75 Å². The Labute approximate surface area is 102 Å². The smallest absolute Gasteiger partial charge is 0.261 e. The molecule has 1 aliphatic heterocycles. The molecular formula is C14H19NO2. The number of carbonyl (C=O) groups is 1. The summed E-state index contributed by atoms with van der Waals surface area (Å²) in [6.45, 7) is 4.85. The molecular weight excluding hydrogens is 214 g/mol. The van der Waals surface area contributed by atoms with Crippen LogP contribution in [0.15, 0.2) is 18.2 Å². The van der Waals surface area contributed by atoms with Gasteiger partial charge in [-0.05, 0) is 50.3 Å². The lowest BCUT2D eigenvalue weighted by molar-refractivity contribution is -0.127. The molecule has 1 aliphatic rings. The number of hydrogen-bond acceptors (Lipinski definition) is 2. The van der Waals surface area contributed by atoms with Gasteiger partial charge in [0.1, 0.15) is 5.75 Å². The number of rotatable bonds is 2. The Kier molecular flexibility index (Phi) is 3.67. The van der Waals surface area contributed by atoms with E-state index in [9.17, 15) is 4.79 Å². The van der Waals surface area contributed by atoms with Crippen molar-refractivity contribution < 1.29 is 9.53 Å². The fourth-order valence-corrected chi connectivity index (χ4v) is 2.03. The Morgan fingerprint density at radius 3 is 2.94 bits per heavy atom. The molecule has 1 amide bonds. The largest absolute Gasteiger partial charge is 0.480 e. The van der Waals surface area contributed by atoms with Gasteiger partial charge in [0.25, 0.3) is 5.91 Å². The first kappa shape index (κ1) is 12.0. The first-order valence-corrected chi connectivity index (χ1v) is 6.19. The summed E-state index contributed by atoms with van der Waals surface area (Å²) in [7, 11) is 0. The fraction of sp³-hybridized carbons (Fsp3) is 0.500. The Bertz CT molecular complexity index is 415. The van der Waals surface area contributed by atoms with Crippen molar-refractivity contribution in [1.82, 2.24) is 5.32 Å². The highest BCUT2D eigenvalue weighted by Crippen LogP contribution is 2.23. The third-order valence-corrected chi connectivity index (χ3v) is 3.31. The zero-order valence-electron chi connectivity index (χ0n) is 10.5. The van der Waals surface area contributed by atoms with E-state index in [1.165, 1.54) is 5.56 Å². The van der Waals surface area contributed by atoms with Gasteiger partial charge in [-0.25, -0.2) is 0 Å². The zero-order valence-corrected chi connectivity index (χ0v) is 10.5. The highest BCUT2D eigenvalue weighted by Gasteiger charge is 2.22. The van der Waals surface area contributed by atoms with Gasteiger partial charge in [0, 0.05) is 6.54 Å². The minimum absolute atomic E-state index is 0.0170. The predicted octanol–water partition coefficient (Wildman–Crippen LogP) is 2.35. The first-order chi connectivity index (χ1) is 8.18. The summed E-state index contributed by atoms with van der Waals surface area (Å²) in [5.41, 5.74) is 2.31. The van der Waals surface area contributed by atoms with Crippen LogP contribution >= 0.6 is 0 Å². The van der Waals surface area contributed by atoms with Crippen LogP contribution in [-0.2, 0) is 4.79 Å². The molecule has 17 heavy (non-hydrogen) atoms. The van der Waals surface area contributed by atoms with Crippen molar-refractivity contribution in [2.24, 2.45) is 0 Å². The van der Waals surface area contributed by atoms with Crippen LogP contribution in [-0.4, -0.2) is 18.6 Å². The lowest BCUT2D eigenvalue weighted by Crippen LogP contribution is -2.36. The van der Waals surface area contributed by atoms with E-state index in [1.807, 2.05) is 19.1 Å². The Morgan fingerprint density at radius 2 is 2.12 bits per heavy atom. The van der Waals surface area contributed by atoms with Gasteiger partial charge in [-0.3, -0.25) is 4.79 Å². The van der Waals surface area contributed by atoms with Gasteiger partial charge in [0.15, 0.2) is 6.10 Å². The summed E-state index contributed by atoms with van der Waals surface area (Å²) >= 11 is 0. The summed E-state index contributed by atoms with van der Waals surface area (Å²) in [4.78, 5) is 11.8. The maximum absolute atomic E-state index is 11.8. The Hall–Kier alpha value is -1.51. The van der Waals surface area contributed by atoms with Crippen molar-refractivity contribution in [3.8, 4) is 5.75 Å². The molecule has 0 aromatic heterocycles. The molecule has 1 heterocycles. The van der Waals surface area contributed by atoms with E-state index in [0.717, 1.165) is 37.1 Å². The molecule has 0 spiro atoms. The third-order valence-electron chi connectivity index (χ3n) is 3.31. The van der Waals surface area contributed by atoms with E-state index in [-0.39, 0.29) is 12.0 Å². The molecule has 0 bridgehead atoms. The van der Waals surface area contributed by atoms with Gasteiger partial charge >= 0.3 is 0 Å². The van der Waals surface area contributed by atoms with Crippen LogP contribution < -0.4 is 10.1 Å². The number of nitrogens with one attached hydrogen (secondary N) is 1. The van der Waals surface area contributed by atoms with Crippen LogP contribution in [0, 0.1) is 13.8 Å². The Balaban J connectivity index is 2.13. The first-order valence-electron chi connectivity index (χ1n) is 6.19. The van der Waals surface area contributed by atoms with E-state index >= 15 is 0 Å². The second kappa shape index (κ2) is 5.21. The van der Waals surface area contributed by atoms with Crippen LogP contribution in [0.4, 0.5) is 0 Å². The fourth-order valence-electron chi connectivity index (χ4n) is 2.03. The predicted molar refractivity (Wildman–Crippen MR) is 67.2 cm³/mol. The van der Waals surface area contributed by atoms with Crippen LogP contribution in [0.3, 0.4) is 0 Å². The van der Waals surface area contributed by atoms with Gasteiger partial charge in [0.05, 0.1) is 0 Å². The molecule has 1 N–H and O–H groups in total. The topological polar surface area (TPSA) is 38.3 Å². The maximum Gasteiger partial charge on any atom is 0.261 e. The molecule has 1 atom stereocenters. The van der Waals surface area contributed by atoms with E-state index in [0.29, 0.717) is 0 Å². The average molecular weight is 233 g/mol. The summed E-state index contributed by atoms with van der Waals surface area (Å²) in [6, 6.07) is 5.95. The van der Waals surface area contributed by atoms with Crippen LogP contribution in [0.25, 0.3) is 0 Å². The monoisotopic (exact) mass is 233 g/mol. The molecule has 0 saturated carbocycles. The second-order valence-corrected chi connectivity index (χ2v) is 4.59. The molecule has 0 radical (unpaired) electrons. The van der Waals surface area contributed by atoms with Crippen LogP contribution in [0.1, 0.15) is 30.4 Å². The summed E-state index contributed by atoms with van der Waals surface area (Å²) in [6.07, 6.45) is 2.55. The van der Waals surface area contributed by atoms with Gasteiger partial charge < -0.3 is 10.1 Å². The van der Waals surface area contributed by atoms with Crippen molar-refractivity contribution in [1.29, 1.82) is 0 Å². The number of ether oxygens (including phenoxy) is 1. The van der Waals surface area contributed by atoms with Crippen molar-refractivity contribution in [3.05, 3.63) is 29.3 Å². The number of aryl methyl sites for hydroxylation is 1. The minimum atomic E-state index is -0.335. The molecule has 1 aromatic carbocycles. The Morgan fingerprint density at radius 1 is 1.29 bits per heavy atom. The summed E-state index contributed by atoms with van der Waals surface area (Å²) in [5.74, 6) is 0.843. The van der Waals surface area contributed by atoms with Gasteiger partial charge in [0.2, 0.25) is 0 Å². The number of hydrogen-bond donors (Lipinski definition) is 1. The summed E-state index contributed by atoms with van der Waals surface area (Å²) in [5, 5.41) is 2.88. The van der Waals surface area contributed by atoms with Gasteiger partial charge in [-0.15, -0.1) is 0 Å². The van der Waals surface area contributed by atoms with Crippen molar-refractivity contribution in [3.63, 3.8) is 0 Å². The minimum Gasteiger partial charge on any atom is -0.480 e. The normalized spacial score (nSPS) is 20.6. The quantitative estimate of drug-likeness (QED) is 0.851. The number of amides is 1. The average Bonchev–Trinajstić information content (AvgIpc) is 2.51. The molecule has 1 fully saturated rings. The number of benzene rings is 1. The lowest BCUT2D eigenvalue weighted by Gasteiger charge is -2.18. The molecule has 1 unspecified atom stereocenters. The lowest BCUT2D eigenvalue weighted by atomic mass is 10.1. The zero-order chi connectivity index (χ0) is 12.3. The van der Waals surface area contributed by atoms with Crippen molar-refractivity contribution >= 4 is 5.91 Å². The number of carbonyl (C=O) groups excluding carboxylic acids is 1. The SMILES string of the molecule is Cc1cccc(OC2CCCCNC2=O)c1C. The van der Waals surface area contributed by atoms with Crippen LogP contribution in [0.2, 0.25) is 0 Å². The van der Waals surface area contributed by atoms with Crippen molar-refractivity contribution in [2.45, 2.75) is 39.2 Å². The standard InChI is InChI=1S/C14H19NO2/c1-10-6-5-8-12(11(10)2)17-13-7-3-4-9-15-14(13)16/h5-6,8,13H,3-4,7,9H2,1-2H3,(H,15,16). The highest BCUT2D eigenvalue weighted by atomic mass is 16.5. The summed E-state index contributed by atoms with van der Waals surface area (Å²) < 4.78 is 5.85. The second-order valence-electron chi connectivity index (χ2n) is 4.59. The molecule has 1 aromatic rings. The van der Waals surface area contributed by atoms with E-state index in [4.69, 9.17) is 4.74 Å². The highest BCUT2D eigenvalue weighted by molar-refractivity contribution is 5.81. The third kappa shape index (κ3) is 2.78. The molecule has 3 heteroatoms. The van der Waals surface area contributed by atoms with E-state index in [2.05, 4.69) is 18.3 Å². The molecule has 3 nitrogen and oxygen atoms in total. The molecule has 2 rings (SSSR count). The van der Waals surface area contributed by atoms with Crippen molar-refractivity contribution in [2.75, 3.05) is 6.54 Å². The van der Waals surface area contributed by atoms with Gasteiger partial charge in [-0.1, -0.05) is 12.1 Å². The molecule has 92 valence electrons. The van der Waals surface area contributed by atoms with E-state index in [1.54, 1.807) is 0 Å². The molecule has 1 saturated heterocycles. The maximum atomic E-state index is 11.8.